The summed E-state index contributed by atoms with van der Waals surface area (Å²) in [4.78, 5) is 23.0. The SMILES string of the molecule is C=C(C)C(=O)OCCOC(=O)C(C)(CC)CCC. The Labute approximate surface area is 109 Å². The van der Waals surface area contributed by atoms with Crippen molar-refractivity contribution in [1.29, 1.82) is 0 Å². The van der Waals surface area contributed by atoms with Gasteiger partial charge in [0.25, 0.3) is 0 Å². The second-order valence-electron chi connectivity index (χ2n) is 4.72. The van der Waals surface area contributed by atoms with E-state index in [1.165, 1.54) is 0 Å². The molecule has 0 saturated carbocycles. The van der Waals surface area contributed by atoms with Crippen LogP contribution in [0.1, 0.15) is 47.0 Å². The molecule has 0 radical (unpaired) electrons. The highest BCUT2D eigenvalue weighted by molar-refractivity contribution is 5.86. The van der Waals surface area contributed by atoms with Crippen LogP contribution in [0.25, 0.3) is 0 Å². The van der Waals surface area contributed by atoms with Crippen molar-refractivity contribution in [3.63, 3.8) is 0 Å². The molecule has 0 fully saturated rings. The second-order valence-corrected chi connectivity index (χ2v) is 4.72. The van der Waals surface area contributed by atoms with E-state index < -0.39 is 11.4 Å². The van der Waals surface area contributed by atoms with Crippen molar-refractivity contribution in [1.82, 2.24) is 0 Å². The van der Waals surface area contributed by atoms with Gasteiger partial charge >= 0.3 is 11.9 Å². The zero-order valence-corrected chi connectivity index (χ0v) is 11.9. The molecular formula is C14H24O4. The third kappa shape index (κ3) is 5.34. The Morgan fingerprint density at radius 2 is 1.72 bits per heavy atom. The van der Waals surface area contributed by atoms with E-state index in [-0.39, 0.29) is 19.2 Å². The zero-order chi connectivity index (χ0) is 14.2. The quantitative estimate of drug-likeness (QED) is 0.380. The van der Waals surface area contributed by atoms with Crippen LogP contribution in [0.3, 0.4) is 0 Å². The topological polar surface area (TPSA) is 52.6 Å². The van der Waals surface area contributed by atoms with Crippen LogP contribution in [0.5, 0.6) is 0 Å². The van der Waals surface area contributed by atoms with E-state index in [2.05, 4.69) is 6.58 Å². The van der Waals surface area contributed by atoms with Crippen LogP contribution in [0, 0.1) is 5.41 Å². The Morgan fingerprint density at radius 3 is 2.17 bits per heavy atom. The molecular weight excluding hydrogens is 232 g/mol. The molecule has 0 N–H and O–H groups in total. The van der Waals surface area contributed by atoms with Gasteiger partial charge in [-0.25, -0.2) is 4.79 Å². The lowest BCUT2D eigenvalue weighted by Crippen LogP contribution is -2.30. The van der Waals surface area contributed by atoms with Crippen LogP contribution in [0.4, 0.5) is 0 Å². The largest absolute Gasteiger partial charge is 0.462 e. The molecule has 0 aromatic heterocycles. The van der Waals surface area contributed by atoms with E-state index in [9.17, 15) is 9.59 Å². The molecule has 0 aliphatic heterocycles. The highest BCUT2D eigenvalue weighted by atomic mass is 16.6. The third-order valence-corrected chi connectivity index (χ3v) is 2.97. The van der Waals surface area contributed by atoms with Gasteiger partial charge < -0.3 is 9.47 Å². The fraction of sp³-hybridized carbons (Fsp3) is 0.714. The van der Waals surface area contributed by atoms with E-state index in [1.807, 2.05) is 20.8 Å². The van der Waals surface area contributed by atoms with Crippen LogP contribution in [-0.2, 0) is 19.1 Å². The number of ether oxygens (including phenoxy) is 2. The molecule has 1 atom stereocenters. The lowest BCUT2D eigenvalue weighted by Gasteiger charge is -2.25. The van der Waals surface area contributed by atoms with Crippen LogP contribution in [0.15, 0.2) is 12.2 Å². The molecule has 0 aromatic carbocycles. The molecule has 0 saturated heterocycles. The van der Waals surface area contributed by atoms with Gasteiger partial charge in [-0.15, -0.1) is 0 Å². The standard InChI is InChI=1S/C14H24O4/c1-6-8-14(5,7-2)13(16)18-10-9-17-12(15)11(3)4/h3,6-10H2,1-2,4-5H3. The average Bonchev–Trinajstić information content (AvgIpc) is 2.33. The smallest absolute Gasteiger partial charge is 0.333 e. The van der Waals surface area contributed by atoms with E-state index in [0.29, 0.717) is 5.57 Å². The summed E-state index contributed by atoms with van der Waals surface area (Å²) in [7, 11) is 0. The molecule has 0 bridgehead atoms. The minimum absolute atomic E-state index is 0.0728. The number of esters is 2. The number of rotatable bonds is 8. The maximum atomic E-state index is 11.9. The lowest BCUT2D eigenvalue weighted by atomic mass is 9.83. The number of hydrogen-bond acceptors (Lipinski definition) is 4. The van der Waals surface area contributed by atoms with E-state index >= 15 is 0 Å². The van der Waals surface area contributed by atoms with Crippen molar-refractivity contribution in [3.8, 4) is 0 Å². The summed E-state index contributed by atoms with van der Waals surface area (Å²) < 4.78 is 9.98. The third-order valence-electron chi connectivity index (χ3n) is 2.97. The summed E-state index contributed by atoms with van der Waals surface area (Å²) in [6.45, 7) is 11.1. The Morgan fingerprint density at radius 1 is 1.17 bits per heavy atom. The van der Waals surface area contributed by atoms with Gasteiger partial charge in [0.1, 0.15) is 13.2 Å². The van der Waals surface area contributed by atoms with Crippen LogP contribution in [0.2, 0.25) is 0 Å². The maximum absolute atomic E-state index is 11.9. The molecule has 0 amide bonds. The van der Waals surface area contributed by atoms with Crippen molar-refractivity contribution >= 4 is 11.9 Å². The predicted molar refractivity (Wildman–Crippen MR) is 70.0 cm³/mol. The van der Waals surface area contributed by atoms with Crippen molar-refractivity contribution in [2.45, 2.75) is 47.0 Å². The summed E-state index contributed by atoms with van der Waals surface area (Å²) in [5.74, 6) is -0.684. The van der Waals surface area contributed by atoms with Crippen molar-refractivity contribution in [2.24, 2.45) is 5.41 Å². The van der Waals surface area contributed by atoms with E-state index in [4.69, 9.17) is 9.47 Å². The van der Waals surface area contributed by atoms with Gasteiger partial charge in [0.2, 0.25) is 0 Å². The fourth-order valence-electron chi connectivity index (χ4n) is 1.54. The highest BCUT2D eigenvalue weighted by Crippen LogP contribution is 2.28. The first-order valence-corrected chi connectivity index (χ1v) is 6.37. The number of carbonyl (C=O) groups is 2. The molecule has 4 nitrogen and oxygen atoms in total. The summed E-state index contributed by atoms with van der Waals surface area (Å²) in [5, 5.41) is 0. The summed E-state index contributed by atoms with van der Waals surface area (Å²) in [6.07, 6.45) is 2.48. The molecule has 0 aromatic rings. The number of hydrogen-bond donors (Lipinski definition) is 0. The molecule has 4 heteroatoms. The normalized spacial score (nSPS) is 13.6. The van der Waals surface area contributed by atoms with Crippen LogP contribution < -0.4 is 0 Å². The first-order chi connectivity index (χ1) is 8.37. The van der Waals surface area contributed by atoms with Crippen LogP contribution in [-0.4, -0.2) is 25.2 Å². The molecule has 0 aliphatic carbocycles. The molecule has 0 rings (SSSR count). The molecule has 104 valence electrons. The minimum atomic E-state index is -0.460. The Bertz CT molecular complexity index is 309. The van der Waals surface area contributed by atoms with Crippen molar-refractivity contribution in [2.75, 3.05) is 13.2 Å². The average molecular weight is 256 g/mol. The fourth-order valence-corrected chi connectivity index (χ4v) is 1.54. The van der Waals surface area contributed by atoms with Gasteiger partial charge in [0.05, 0.1) is 5.41 Å². The first-order valence-electron chi connectivity index (χ1n) is 6.37. The molecule has 0 spiro atoms. The van der Waals surface area contributed by atoms with Gasteiger partial charge in [0, 0.05) is 5.57 Å². The highest BCUT2D eigenvalue weighted by Gasteiger charge is 2.31. The molecule has 18 heavy (non-hydrogen) atoms. The zero-order valence-electron chi connectivity index (χ0n) is 11.9. The summed E-state index contributed by atoms with van der Waals surface area (Å²) in [5.41, 5.74) is -0.0988. The Hall–Kier alpha value is -1.32. The van der Waals surface area contributed by atoms with E-state index in [0.717, 1.165) is 19.3 Å². The molecule has 0 aliphatic rings. The lowest BCUT2D eigenvalue weighted by molar-refractivity contribution is -0.159. The minimum Gasteiger partial charge on any atom is -0.462 e. The Balaban J connectivity index is 4.03. The van der Waals surface area contributed by atoms with E-state index in [1.54, 1.807) is 6.92 Å². The maximum Gasteiger partial charge on any atom is 0.333 e. The first kappa shape index (κ1) is 16.7. The predicted octanol–water partition coefficient (Wildman–Crippen LogP) is 2.87. The summed E-state index contributed by atoms with van der Waals surface area (Å²) >= 11 is 0. The van der Waals surface area contributed by atoms with Gasteiger partial charge in [-0.1, -0.05) is 26.8 Å². The monoisotopic (exact) mass is 256 g/mol. The second kappa shape index (κ2) is 7.90. The van der Waals surface area contributed by atoms with Gasteiger partial charge in [-0.05, 0) is 26.7 Å². The molecule has 0 heterocycles. The van der Waals surface area contributed by atoms with Gasteiger partial charge in [-0.2, -0.15) is 0 Å². The van der Waals surface area contributed by atoms with Crippen LogP contribution >= 0.6 is 0 Å². The summed E-state index contributed by atoms with van der Waals surface area (Å²) in [6, 6.07) is 0. The molecule has 1 unspecified atom stereocenters. The Kier molecular flexibility index (Phi) is 7.32. The van der Waals surface area contributed by atoms with Gasteiger partial charge in [0.15, 0.2) is 0 Å². The van der Waals surface area contributed by atoms with Gasteiger partial charge in [-0.3, -0.25) is 4.79 Å². The number of carbonyl (C=O) groups excluding carboxylic acids is 2. The van der Waals surface area contributed by atoms with Crippen molar-refractivity contribution < 1.29 is 19.1 Å². The van der Waals surface area contributed by atoms with Crippen molar-refractivity contribution in [3.05, 3.63) is 12.2 Å².